The molecule has 1 saturated heterocycles. The van der Waals surface area contributed by atoms with Crippen molar-refractivity contribution < 1.29 is 27.4 Å². The van der Waals surface area contributed by atoms with Crippen molar-refractivity contribution in [2.24, 2.45) is 0 Å². The molecule has 1 fully saturated rings. The van der Waals surface area contributed by atoms with Gasteiger partial charge >= 0.3 is 5.97 Å². The number of carboxylic acids is 1. The van der Waals surface area contributed by atoms with Gasteiger partial charge in [-0.25, -0.2) is 9.18 Å². The predicted molar refractivity (Wildman–Crippen MR) is 88.0 cm³/mol. The van der Waals surface area contributed by atoms with Gasteiger partial charge < -0.3 is 9.84 Å². The van der Waals surface area contributed by atoms with E-state index in [1.165, 1.54) is 14.7 Å². The second-order valence-electron chi connectivity index (χ2n) is 6.93. The average molecular weight is 372 g/mol. The highest BCUT2D eigenvalue weighted by molar-refractivity contribution is 7.86. The van der Waals surface area contributed by atoms with Crippen LogP contribution in [-0.2, 0) is 27.9 Å². The predicted octanol–water partition coefficient (Wildman–Crippen LogP) is 1.24. The lowest BCUT2D eigenvalue weighted by molar-refractivity contribution is -0.0653. The van der Waals surface area contributed by atoms with Crippen LogP contribution in [0.4, 0.5) is 4.39 Å². The molecule has 0 atom stereocenters. The van der Waals surface area contributed by atoms with Crippen LogP contribution in [0.25, 0.3) is 0 Å². The van der Waals surface area contributed by atoms with E-state index in [1.807, 2.05) is 13.8 Å². The van der Waals surface area contributed by atoms with Crippen LogP contribution in [0.15, 0.2) is 12.1 Å². The summed E-state index contributed by atoms with van der Waals surface area (Å²) in [6, 6.07) is 2.22. The Morgan fingerprint density at radius 1 is 1.28 bits per heavy atom. The van der Waals surface area contributed by atoms with E-state index in [-0.39, 0.29) is 38.2 Å². The molecule has 2 heterocycles. The zero-order valence-electron chi connectivity index (χ0n) is 14.2. The number of hydrogen-bond donors (Lipinski definition) is 1. The van der Waals surface area contributed by atoms with Crippen molar-refractivity contribution in [3.63, 3.8) is 0 Å². The number of nitrogens with zero attached hydrogens (tertiary/aromatic N) is 2. The van der Waals surface area contributed by atoms with Gasteiger partial charge in [-0.2, -0.15) is 17.0 Å². The molecule has 1 N–H and O–H groups in total. The van der Waals surface area contributed by atoms with Gasteiger partial charge in [0.15, 0.2) is 0 Å². The highest BCUT2D eigenvalue weighted by atomic mass is 32.2. The first-order valence-corrected chi connectivity index (χ1v) is 9.44. The number of hydrogen-bond acceptors (Lipinski definition) is 4. The summed E-state index contributed by atoms with van der Waals surface area (Å²) in [6.07, 6.45) is 0.278. The SMILES string of the molecule is CC1(C)CN(S(=O)(=O)N2CCc3cc(F)cc(C(=O)O)c3C2)CCO1. The van der Waals surface area contributed by atoms with E-state index in [9.17, 15) is 22.7 Å². The van der Waals surface area contributed by atoms with Crippen molar-refractivity contribution in [2.45, 2.75) is 32.4 Å². The first-order chi connectivity index (χ1) is 11.6. The molecular formula is C16H21FN2O5S. The summed E-state index contributed by atoms with van der Waals surface area (Å²) >= 11 is 0. The van der Waals surface area contributed by atoms with Gasteiger partial charge in [0.1, 0.15) is 5.82 Å². The van der Waals surface area contributed by atoms with Crippen LogP contribution in [0.2, 0.25) is 0 Å². The molecule has 9 heteroatoms. The molecule has 138 valence electrons. The molecule has 0 amide bonds. The maximum atomic E-state index is 13.6. The molecule has 0 saturated carbocycles. The lowest BCUT2D eigenvalue weighted by Gasteiger charge is -2.40. The average Bonchev–Trinajstić information content (AvgIpc) is 2.52. The molecule has 0 spiro atoms. The maximum Gasteiger partial charge on any atom is 0.336 e. The molecule has 0 aliphatic carbocycles. The molecule has 1 aromatic rings. The Kier molecular flexibility index (Phi) is 4.61. The minimum atomic E-state index is -3.75. The fourth-order valence-electron chi connectivity index (χ4n) is 3.32. The Morgan fingerprint density at radius 2 is 2.00 bits per heavy atom. The fourth-order valence-corrected chi connectivity index (χ4v) is 5.04. The third-order valence-electron chi connectivity index (χ3n) is 4.55. The van der Waals surface area contributed by atoms with Crippen molar-refractivity contribution in [3.8, 4) is 0 Å². The van der Waals surface area contributed by atoms with E-state index in [0.29, 0.717) is 17.7 Å². The van der Waals surface area contributed by atoms with Crippen LogP contribution < -0.4 is 0 Å². The van der Waals surface area contributed by atoms with Crippen LogP contribution in [0.5, 0.6) is 0 Å². The largest absolute Gasteiger partial charge is 0.478 e. The van der Waals surface area contributed by atoms with Crippen molar-refractivity contribution in [2.75, 3.05) is 26.2 Å². The number of fused-ring (bicyclic) bond motifs is 1. The molecule has 1 aromatic carbocycles. The van der Waals surface area contributed by atoms with Crippen LogP contribution >= 0.6 is 0 Å². The van der Waals surface area contributed by atoms with E-state index in [1.54, 1.807) is 0 Å². The number of carboxylic acid groups (broad SMARTS) is 1. The second-order valence-corrected chi connectivity index (χ2v) is 8.86. The van der Waals surface area contributed by atoms with E-state index in [0.717, 1.165) is 6.07 Å². The van der Waals surface area contributed by atoms with Gasteiger partial charge in [-0.05, 0) is 43.5 Å². The summed E-state index contributed by atoms with van der Waals surface area (Å²) in [4.78, 5) is 11.4. The lowest BCUT2D eigenvalue weighted by atomic mass is 9.96. The first kappa shape index (κ1) is 18.2. The summed E-state index contributed by atoms with van der Waals surface area (Å²) in [5, 5.41) is 9.31. The minimum Gasteiger partial charge on any atom is -0.478 e. The van der Waals surface area contributed by atoms with E-state index >= 15 is 0 Å². The lowest BCUT2D eigenvalue weighted by Crippen LogP contribution is -2.55. The molecule has 0 bridgehead atoms. The van der Waals surface area contributed by atoms with E-state index < -0.39 is 27.6 Å². The molecule has 0 unspecified atom stereocenters. The Labute approximate surface area is 146 Å². The summed E-state index contributed by atoms with van der Waals surface area (Å²) < 4.78 is 47.7. The maximum absolute atomic E-state index is 13.6. The summed E-state index contributed by atoms with van der Waals surface area (Å²) in [5.74, 6) is -1.88. The Hall–Kier alpha value is -1.55. The van der Waals surface area contributed by atoms with Crippen molar-refractivity contribution in [3.05, 3.63) is 34.6 Å². The number of carbonyl (C=O) groups is 1. The summed E-state index contributed by atoms with van der Waals surface area (Å²) in [7, 11) is -3.75. The van der Waals surface area contributed by atoms with Crippen LogP contribution in [0.1, 0.15) is 35.3 Å². The van der Waals surface area contributed by atoms with Gasteiger partial charge in [-0.1, -0.05) is 0 Å². The molecule has 0 radical (unpaired) electrons. The van der Waals surface area contributed by atoms with E-state index in [4.69, 9.17) is 4.74 Å². The number of aromatic carboxylic acids is 1. The zero-order valence-corrected chi connectivity index (χ0v) is 15.0. The monoisotopic (exact) mass is 372 g/mol. The molecular weight excluding hydrogens is 351 g/mol. The quantitative estimate of drug-likeness (QED) is 0.863. The highest BCUT2D eigenvalue weighted by Crippen LogP contribution is 2.28. The molecule has 2 aliphatic rings. The molecule has 2 aliphatic heterocycles. The molecule has 25 heavy (non-hydrogen) atoms. The standard InChI is InChI=1S/C16H21FN2O5S/c1-16(2)10-19(5-6-24-16)25(22,23)18-4-3-11-7-12(17)8-13(15(20)21)14(11)9-18/h7-8H,3-6,9-10H2,1-2H3,(H,20,21). The number of ether oxygens (including phenoxy) is 1. The van der Waals surface area contributed by atoms with Crippen LogP contribution in [0.3, 0.4) is 0 Å². The van der Waals surface area contributed by atoms with Gasteiger partial charge in [0.05, 0.1) is 17.8 Å². The Morgan fingerprint density at radius 3 is 2.64 bits per heavy atom. The number of morpholine rings is 1. The number of rotatable bonds is 3. The van der Waals surface area contributed by atoms with Crippen molar-refractivity contribution in [1.82, 2.24) is 8.61 Å². The first-order valence-electron chi connectivity index (χ1n) is 8.04. The molecule has 7 nitrogen and oxygen atoms in total. The molecule has 3 rings (SSSR count). The minimum absolute atomic E-state index is 0.0721. The van der Waals surface area contributed by atoms with Gasteiger partial charge in [-0.3, -0.25) is 0 Å². The van der Waals surface area contributed by atoms with Crippen LogP contribution in [-0.4, -0.2) is 59.9 Å². The zero-order chi connectivity index (χ0) is 18.4. The Balaban J connectivity index is 1.90. The summed E-state index contributed by atoms with van der Waals surface area (Å²) in [5.41, 5.74) is 0.147. The van der Waals surface area contributed by atoms with Crippen molar-refractivity contribution in [1.29, 1.82) is 0 Å². The van der Waals surface area contributed by atoms with Gasteiger partial charge in [-0.15, -0.1) is 0 Å². The normalized spacial score (nSPS) is 21.7. The smallest absolute Gasteiger partial charge is 0.336 e. The summed E-state index contributed by atoms with van der Waals surface area (Å²) in [6.45, 7) is 4.56. The second kappa shape index (κ2) is 6.31. The number of benzene rings is 1. The van der Waals surface area contributed by atoms with Gasteiger partial charge in [0.25, 0.3) is 10.2 Å². The van der Waals surface area contributed by atoms with Crippen molar-refractivity contribution >= 4 is 16.2 Å². The van der Waals surface area contributed by atoms with Gasteiger partial charge in [0, 0.05) is 26.2 Å². The fraction of sp³-hybridized carbons (Fsp3) is 0.562. The number of halogens is 1. The topological polar surface area (TPSA) is 87.2 Å². The molecule has 0 aromatic heterocycles. The third kappa shape index (κ3) is 3.55. The van der Waals surface area contributed by atoms with Gasteiger partial charge in [0.2, 0.25) is 0 Å². The Bertz CT molecular complexity index is 809. The van der Waals surface area contributed by atoms with Crippen LogP contribution in [0, 0.1) is 5.82 Å². The third-order valence-corrected chi connectivity index (χ3v) is 6.47. The highest BCUT2D eigenvalue weighted by Gasteiger charge is 2.39. The van der Waals surface area contributed by atoms with E-state index in [2.05, 4.69) is 0 Å².